The Labute approximate surface area is 336 Å². The molecule has 7 aromatic carbocycles. The van der Waals surface area contributed by atoms with Gasteiger partial charge in [-0.2, -0.15) is 26.3 Å². The Morgan fingerprint density at radius 3 is 1.37 bits per heavy atom. The van der Waals surface area contributed by atoms with Crippen molar-refractivity contribution in [3.8, 4) is 45.3 Å². The number of ether oxygens (including phenoxy) is 2. The zero-order chi connectivity index (χ0) is 41.0. The summed E-state index contributed by atoms with van der Waals surface area (Å²) in [6.45, 7) is 5.61. The third-order valence-corrected chi connectivity index (χ3v) is 11.5. The molecule has 4 nitrogen and oxygen atoms in total. The van der Waals surface area contributed by atoms with Crippen LogP contribution in [0.3, 0.4) is 0 Å². The lowest BCUT2D eigenvalue weighted by Crippen LogP contribution is -2.29. The van der Waals surface area contributed by atoms with E-state index in [1.165, 1.54) is 24.3 Å². The lowest BCUT2D eigenvalue weighted by atomic mass is 9.73. The van der Waals surface area contributed by atoms with Crippen molar-refractivity contribution in [2.45, 2.75) is 45.0 Å². The van der Waals surface area contributed by atoms with Crippen LogP contribution in [-0.4, -0.2) is 0 Å². The second-order valence-corrected chi connectivity index (χ2v) is 15.2. The summed E-state index contributed by atoms with van der Waals surface area (Å²) in [4.78, 5) is 3.91. The van der Waals surface area contributed by atoms with E-state index in [9.17, 15) is 0 Å². The molecule has 0 radical (unpaired) electrons. The van der Waals surface area contributed by atoms with Crippen molar-refractivity contribution in [1.29, 1.82) is 0 Å². The largest absolute Gasteiger partial charge is 0.453 e. The fourth-order valence-electron chi connectivity index (χ4n) is 9.17. The standard InChI is InChI=1S/C49H34F6N2O2/c1-27(2)41-43(30-15-4-6-18-32(30)48(50,51)52)46(56-34-20-8-11-23-37(34)58-38-24-12-9-21-35(38)56)42-28(3)29-17-14-26-40-45(29)57(36-22-10-13-25-39(36)59-40)47(42)44(41)31-16-5-7-19-33(31)49(53,54)55/h4-28H,1-3H3. The predicted octanol–water partition coefficient (Wildman–Crippen LogP) is 15.8. The SMILES string of the molecule is CC(C)c1c(-c2ccccc2C(F)(F)F)c(N2c3ccccc3Oc3ccccc32)c2c(c1-c1ccccc1C(F)(F)F)N1c3ccccc3Oc3cccc(c31)C2C. The summed E-state index contributed by atoms with van der Waals surface area (Å²) < 4.78 is 106. The molecule has 0 aliphatic carbocycles. The first-order valence-corrected chi connectivity index (χ1v) is 19.3. The first kappa shape index (κ1) is 36.6. The third kappa shape index (κ3) is 5.52. The van der Waals surface area contributed by atoms with Crippen molar-refractivity contribution in [2.75, 3.05) is 9.80 Å². The molecule has 3 heterocycles. The molecule has 0 aromatic heterocycles. The topological polar surface area (TPSA) is 24.9 Å². The van der Waals surface area contributed by atoms with Gasteiger partial charge in [-0.3, -0.25) is 0 Å². The Morgan fingerprint density at radius 2 is 0.881 bits per heavy atom. The van der Waals surface area contributed by atoms with Crippen molar-refractivity contribution in [3.63, 3.8) is 0 Å². The van der Waals surface area contributed by atoms with Gasteiger partial charge >= 0.3 is 12.4 Å². The molecule has 59 heavy (non-hydrogen) atoms. The molecule has 0 amide bonds. The molecule has 3 aliphatic heterocycles. The van der Waals surface area contributed by atoms with Gasteiger partial charge in [-0.1, -0.05) is 106 Å². The fraction of sp³-hybridized carbons (Fsp3) is 0.143. The fourth-order valence-corrected chi connectivity index (χ4v) is 9.17. The van der Waals surface area contributed by atoms with E-state index in [0.717, 1.165) is 17.7 Å². The van der Waals surface area contributed by atoms with Gasteiger partial charge in [0, 0.05) is 22.6 Å². The summed E-state index contributed by atoms with van der Waals surface area (Å²) in [5.74, 6) is 0.730. The number of hydrogen-bond donors (Lipinski definition) is 0. The maximum absolute atomic E-state index is 15.5. The van der Waals surface area contributed by atoms with Crippen LogP contribution in [0.5, 0.6) is 23.0 Å². The summed E-state index contributed by atoms with van der Waals surface area (Å²) in [6, 6.07) is 38.3. The number of benzene rings is 7. The molecule has 10 heteroatoms. The van der Waals surface area contributed by atoms with E-state index in [1.807, 2.05) is 103 Å². The van der Waals surface area contributed by atoms with Crippen LogP contribution in [0.15, 0.2) is 140 Å². The number of anilines is 6. The molecule has 7 aromatic rings. The van der Waals surface area contributed by atoms with Crippen molar-refractivity contribution >= 4 is 34.1 Å². The molecule has 3 aliphatic rings. The molecule has 0 spiro atoms. The molecule has 0 fully saturated rings. The minimum absolute atomic E-state index is 0.142. The minimum Gasteiger partial charge on any atom is -0.453 e. The molecular weight excluding hydrogens is 763 g/mol. The number of halogens is 6. The highest BCUT2D eigenvalue weighted by Crippen LogP contribution is 2.67. The highest BCUT2D eigenvalue weighted by molar-refractivity contribution is 6.09. The normalized spacial score (nSPS) is 15.1. The molecule has 0 saturated heterocycles. The van der Waals surface area contributed by atoms with Crippen LogP contribution < -0.4 is 19.3 Å². The summed E-state index contributed by atoms with van der Waals surface area (Å²) in [7, 11) is 0. The molecular formula is C49H34F6N2O2. The summed E-state index contributed by atoms with van der Waals surface area (Å²) >= 11 is 0. The van der Waals surface area contributed by atoms with Gasteiger partial charge in [0.15, 0.2) is 23.0 Å². The van der Waals surface area contributed by atoms with E-state index in [0.29, 0.717) is 68.2 Å². The Morgan fingerprint density at radius 1 is 0.475 bits per heavy atom. The van der Waals surface area contributed by atoms with Crippen LogP contribution >= 0.6 is 0 Å². The summed E-state index contributed by atoms with van der Waals surface area (Å²) in [5.41, 5.74) is 3.13. The van der Waals surface area contributed by atoms with Gasteiger partial charge < -0.3 is 19.3 Å². The monoisotopic (exact) mass is 796 g/mol. The van der Waals surface area contributed by atoms with Gasteiger partial charge in [-0.05, 0) is 82.8 Å². The lowest BCUT2D eigenvalue weighted by molar-refractivity contribution is -0.137. The molecule has 0 N–H and O–H groups in total. The Hall–Kier alpha value is -6.68. The second-order valence-electron chi connectivity index (χ2n) is 15.2. The van der Waals surface area contributed by atoms with Crippen LogP contribution in [0.1, 0.15) is 60.4 Å². The van der Waals surface area contributed by atoms with E-state index in [-0.39, 0.29) is 22.3 Å². The number of hydrogen-bond acceptors (Lipinski definition) is 4. The third-order valence-electron chi connectivity index (χ3n) is 11.5. The zero-order valence-electron chi connectivity index (χ0n) is 31.9. The molecule has 1 atom stereocenters. The quantitative estimate of drug-likeness (QED) is 0.166. The van der Waals surface area contributed by atoms with Gasteiger partial charge in [-0.25, -0.2) is 0 Å². The lowest BCUT2D eigenvalue weighted by Gasteiger charge is -2.46. The highest BCUT2D eigenvalue weighted by atomic mass is 19.4. The zero-order valence-corrected chi connectivity index (χ0v) is 31.9. The summed E-state index contributed by atoms with van der Waals surface area (Å²) in [6.07, 6.45) is -9.63. The average Bonchev–Trinajstić information content (AvgIpc) is 3.22. The maximum atomic E-state index is 15.5. The van der Waals surface area contributed by atoms with Crippen molar-refractivity contribution in [1.82, 2.24) is 0 Å². The van der Waals surface area contributed by atoms with Crippen molar-refractivity contribution < 1.29 is 35.8 Å². The smallest absolute Gasteiger partial charge is 0.417 e. The number of para-hydroxylation sites is 7. The van der Waals surface area contributed by atoms with Gasteiger partial charge in [0.1, 0.15) is 0 Å². The molecule has 10 rings (SSSR count). The van der Waals surface area contributed by atoms with Gasteiger partial charge in [0.25, 0.3) is 0 Å². The van der Waals surface area contributed by atoms with E-state index < -0.39 is 35.3 Å². The first-order valence-electron chi connectivity index (χ1n) is 19.3. The Kier molecular flexibility index (Phi) is 8.18. The second kappa shape index (κ2) is 13.2. The predicted molar refractivity (Wildman–Crippen MR) is 218 cm³/mol. The number of nitrogens with zero attached hydrogens (tertiary/aromatic N) is 2. The average molecular weight is 797 g/mol. The molecule has 0 saturated carbocycles. The van der Waals surface area contributed by atoms with Crippen LogP contribution in [0.4, 0.5) is 60.5 Å². The Bertz CT molecular complexity index is 2800. The van der Waals surface area contributed by atoms with Crippen LogP contribution in [0, 0.1) is 0 Å². The van der Waals surface area contributed by atoms with Crippen molar-refractivity contribution in [2.24, 2.45) is 0 Å². The molecule has 294 valence electrons. The van der Waals surface area contributed by atoms with Crippen LogP contribution in [0.2, 0.25) is 0 Å². The van der Waals surface area contributed by atoms with E-state index in [2.05, 4.69) is 0 Å². The van der Waals surface area contributed by atoms with E-state index in [4.69, 9.17) is 9.47 Å². The van der Waals surface area contributed by atoms with Gasteiger partial charge in [-0.15, -0.1) is 0 Å². The van der Waals surface area contributed by atoms with Crippen molar-refractivity contribution in [3.05, 3.63) is 167 Å². The van der Waals surface area contributed by atoms with Crippen LogP contribution in [-0.2, 0) is 12.4 Å². The van der Waals surface area contributed by atoms with Crippen LogP contribution in [0.25, 0.3) is 22.3 Å². The van der Waals surface area contributed by atoms with Gasteiger partial charge in [0.2, 0.25) is 0 Å². The number of fused-ring (bicyclic) bond motifs is 6. The molecule has 0 bridgehead atoms. The van der Waals surface area contributed by atoms with E-state index in [1.54, 1.807) is 30.3 Å². The minimum atomic E-state index is -4.82. The van der Waals surface area contributed by atoms with Gasteiger partial charge in [0.05, 0.1) is 45.3 Å². The molecule has 1 unspecified atom stereocenters. The number of alkyl halides is 6. The maximum Gasteiger partial charge on any atom is 0.417 e. The Balaban J connectivity index is 1.51. The van der Waals surface area contributed by atoms with E-state index >= 15 is 26.3 Å². The number of rotatable bonds is 4. The highest BCUT2D eigenvalue weighted by Gasteiger charge is 2.46. The summed E-state index contributed by atoms with van der Waals surface area (Å²) in [5, 5.41) is 0. The first-order chi connectivity index (χ1) is 28.3.